The van der Waals surface area contributed by atoms with Gasteiger partial charge in [0, 0.05) is 13.5 Å². The van der Waals surface area contributed by atoms with E-state index in [1.165, 1.54) is 11.1 Å². The fourth-order valence-electron chi connectivity index (χ4n) is 2.08. The standard InChI is InChI=1S/C14H18N2O2/c1-4-18-14(17)12-9-13(16(3)15-12)11-7-5-10(2)6-8-11/h5-8,13H,4,9H2,1-3H3. The van der Waals surface area contributed by atoms with Gasteiger partial charge >= 0.3 is 5.97 Å². The molecule has 1 aromatic carbocycles. The lowest BCUT2D eigenvalue weighted by atomic mass is 10.0. The van der Waals surface area contributed by atoms with E-state index in [1.54, 1.807) is 6.92 Å². The van der Waals surface area contributed by atoms with Crippen molar-refractivity contribution in [2.24, 2.45) is 5.10 Å². The largest absolute Gasteiger partial charge is 0.461 e. The average Bonchev–Trinajstić information content (AvgIpc) is 2.73. The van der Waals surface area contributed by atoms with E-state index in [0.717, 1.165) is 0 Å². The minimum atomic E-state index is -0.307. The van der Waals surface area contributed by atoms with E-state index in [9.17, 15) is 4.79 Å². The Morgan fingerprint density at radius 1 is 1.44 bits per heavy atom. The molecule has 1 unspecified atom stereocenters. The van der Waals surface area contributed by atoms with Gasteiger partial charge in [0.15, 0.2) is 0 Å². The van der Waals surface area contributed by atoms with Gasteiger partial charge in [-0.05, 0) is 19.4 Å². The van der Waals surface area contributed by atoms with Crippen LogP contribution in [-0.4, -0.2) is 30.3 Å². The molecule has 4 nitrogen and oxygen atoms in total. The molecule has 2 rings (SSSR count). The molecule has 1 aliphatic heterocycles. The lowest BCUT2D eigenvalue weighted by molar-refractivity contribution is -0.135. The van der Waals surface area contributed by atoms with E-state index in [0.29, 0.717) is 18.7 Å². The van der Waals surface area contributed by atoms with Crippen LogP contribution in [0.3, 0.4) is 0 Å². The molecular formula is C14H18N2O2. The summed E-state index contributed by atoms with van der Waals surface area (Å²) in [7, 11) is 1.89. The van der Waals surface area contributed by atoms with Crippen LogP contribution in [0.25, 0.3) is 0 Å². The maximum Gasteiger partial charge on any atom is 0.354 e. The zero-order valence-electron chi connectivity index (χ0n) is 11.0. The van der Waals surface area contributed by atoms with Crippen LogP contribution in [-0.2, 0) is 9.53 Å². The number of esters is 1. The molecule has 0 aromatic heterocycles. The molecule has 0 fully saturated rings. The van der Waals surface area contributed by atoms with E-state index in [4.69, 9.17) is 4.74 Å². The second-order valence-corrected chi connectivity index (χ2v) is 4.47. The molecule has 1 heterocycles. The third-order valence-electron chi connectivity index (χ3n) is 3.09. The summed E-state index contributed by atoms with van der Waals surface area (Å²) >= 11 is 0. The Morgan fingerprint density at radius 3 is 2.72 bits per heavy atom. The van der Waals surface area contributed by atoms with Gasteiger partial charge in [-0.15, -0.1) is 0 Å². The van der Waals surface area contributed by atoms with E-state index in [1.807, 2.05) is 12.1 Å². The normalized spacial score (nSPS) is 18.7. The van der Waals surface area contributed by atoms with Crippen molar-refractivity contribution < 1.29 is 9.53 Å². The van der Waals surface area contributed by atoms with Crippen LogP contribution >= 0.6 is 0 Å². The minimum absolute atomic E-state index is 0.130. The topological polar surface area (TPSA) is 41.9 Å². The van der Waals surface area contributed by atoms with Crippen molar-refractivity contribution in [1.82, 2.24) is 5.01 Å². The maximum absolute atomic E-state index is 11.6. The zero-order valence-corrected chi connectivity index (χ0v) is 11.0. The second kappa shape index (κ2) is 5.21. The molecule has 4 heteroatoms. The number of nitrogens with zero attached hydrogens (tertiary/aromatic N) is 2. The number of carbonyl (C=O) groups excluding carboxylic acids is 1. The number of hydrazone groups is 1. The number of hydrogen-bond donors (Lipinski definition) is 0. The third-order valence-corrected chi connectivity index (χ3v) is 3.09. The molecule has 1 atom stereocenters. The van der Waals surface area contributed by atoms with Crippen LogP contribution in [0.5, 0.6) is 0 Å². The summed E-state index contributed by atoms with van der Waals surface area (Å²) in [6, 6.07) is 8.45. The van der Waals surface area contributed by atoms with Crippen molar-refractivity contribution in [3.8, 4) is 0 Å². The lowest BCUT2D eigenvalue weighted by Gasteiger charge is -2.18. The Kier molecular flexibility index (Phi) is 3.65. The van der Waals surface area contributed by atoms with Crippen molar-refractivity contribution in [3.63, 3.8) is 0 Å². The van der Waals surface area contributed by atoms with Crippen molar-refractivity contribution >= 4 is 11.7 Å². The minimum Gasteiger partial charge on any atom is -0.461 e. The zero-order chi connectivity index (χ0) is 13.1. The summed E-state index contributed by atoms with van der Waals surface area (Å²) in [5.74, 6) is -0.307. The summed E-state index contributed by atoms with van der Waals surface area (Å²) in [6.07, 6.45) is 0.610. The number of rotatable bonds is 3. The predicted molar refractivity (Wildman–Crippen MR) is 70.4 cm³/mol. The summed E-state index contributed by atoms with van der Waals surface area (Å²) in [5.41, 5.74) is 2.90. The van der Waals surface area contributed by atoms with Crippen LogP contribution < -0.4 is 0 Å². The van der Waals surface area contributed by atoms with E-state index in [-0.39, 0.29) is 12.0 Å². The predicted octanol–water partition coefficient (Wildman–Crippen LogP) is 2.29. The van der Waals surface area contributed by atoms with E-state index >= 15 is 0 Å². The Labute approximate surface area is 107 Å². The smallest absolute Gasteiger partial charge is 0.354 e. The third kappa shape index (κ3) is 2.53. The first-order valence-corrected chi connectivity index (χ1v) is 6.15. The van der Waals surface area contributed by atoms with E-state index < -0.39 is 0 Å². The summed E-state index contributed by atoms with van der Waals surface area (Å²) in [5, 5.41) is 6.09. The molecule has 0 aliphatic carbocycles. The molecular weight excluding hydrogens is 228 g/mol. The monoisotopic (exact) mass is 246 g/mol. The van der Waals surface area contributed by atoms with Crippen LogP contribution in [0.4, 0.5) is 0 Å². The highest BCUT2D eigenvalue weighted by molar-refractivity contribution is 6.36. The molecule has 1 aromatic rings. The summed E-state index contributed by atoms with van der Waals surface area (Å²) in [4.78, 5) is 11.6. The molecule has 0 bridgehead atoms. The molecule has 0 saturated heterocycles. The van der Waals surface area contributed by atoms with Gasteiger partial charge in [0.25, 0.3) is 0 Å². The lowest BCUT2D eigenvalue weighted by Crippen LogP contribution is -2.16. The Hall–Kier alpha value is -1.84. The fourth-order valence-corrected chi connectivity index (χ4v) is 2.08. The number of aryl methyl sites for hydroxylation is 1. The Balaban J connectivity index is 2.11. The fraction of sp³-hybridized carbons (Fsp3) is 0.429. The van der Waals surface area contributed by atoms with Crippen LogP contribution in [0, 0.1) is 6.92 Å². The number of ether oxygens (including phenoxy) is 1. The number of benzene rings is 1. The quantitative estimate of drug-likeness (QED) is 0.768. The second-order valence-electron chi connectivity index (χ2n) is 4.47. The molecule has 0 spiro atoms. The van der Waals surface area contributed by atoms with Gasteiger partial charge in [0.05, 0.1) is 12.6 Å². The average molecular weight is 246 g/mol. The maximum atomic E-state index is 11.6. The number of hydrogen-bond acceptors (Lipinski definition) is 4. The molecule has 0 N–H and O–H groups in total. The molecule has 1 aliphatic rings. The first kappa shape index (κ1) is 12.6. The van der Waals surface area contributed by atoms with Gasteiger partial charge in [0.2, 0.25) is 0 Å². The Bertz CT molecular complexity index is 465. The van der Waals surface area contributed by atoms with Gasteiger partial charge in [-0.25, -0.2) is 4.79 Å². The Morgan fingerprint density at radius 2 is 2.11 bits per heavy atom. The van der Waals surface area contributed by atoms with Gasteiger partial charge in [-0.3, -0.25) is 5.01 Å². The van der Waals surface area contributed by atoms with Crippen molar-refractivity contribution in [2.45, 2.75) is 26.3 Å². The summed E-state index contributed by atoms with van der Waals surface area (Å²) < 4.78 is 4.98. The van der Waals surface area contributed by atoms with Gasteiger partial charge in [-0.1, -0.05) is 29.8 Å². The van der Waals surface area contributed by atoms with Crippen LogP contribution in [0.1, 0.15) is 30.5 Å². The highest BCUT2D eigenvalue weighted by Gasteiger charge is 2.29. The van der Waals surface area contributed by atoms with Crippen LogP contribution in [0.15, 0.2) is 29.4 Å². The molecule has 96 valence electrons. The van der Waals surface area contributed by atoms with Crippen molar-refractivity contribution in [3.05, 3.63) is 35.4 Å². The van der Waals surface area contributed by atoms with Crippen molar-refractivity contribution in [2.75, 3.05) is 13.7 Å². The first-order chi connectivity index (χ1) is 8.61. The molecule has 0 radical (unpaired) electrons. The molecule has 0 saturated carbocycles. The van der Waals surface area contributed by atoms with Crippen molar-refractivity contribution in [1.29, 1.82) is 0 Å². The van der Waals surface area contributed by atoms with Gasteiger partial charge in [0.1, 0.15) is 5.71 Å². The highest BCUT2D eigenvalue weighted by atomic mass is 16.5. The SMILES string of the molecule is CCOC(=O)C1=NN(C)C(c2ccc(C)cc2)C1. The van der Waals surface area contributed by atoms with Gasteiger partial charge in [-0.2, -0.15) is 5.10 Å². The molecule has 18 heavy (non-hydrogen) atoms. The molecule has 0 amide bonds. The van der Waals surface area contributed by atoms with Crippen LogP contribution in [0.2, 0.25) is 0 Å². The number of carbonyl (C=O) groups is 1. The first-order valence-electron chi connectivity index (χ1n) is 6.15. The summed E-state index contributed by atoms with van der Waals surface area (Å²) in [6.45, 7) is 4.24. The van der Waals surface area contributed by atoms with E-state index in [2.05, 4.69) is 36.3 Å². The van der Waals surface area contributed by atoms with Gasteiger partial charge < -0.3 is 4.74 Å². The highest BCUT2D eigenvalue weighted by Crippen LogP contribution is 2.29.